The molecule has 1 N–H and O–H groups in total. The standard InChI is InChI=1S/C14H18BrN3O2/c1-9(12-5-4-11(19-3)8-13(12)15)16-7-6-14-17-10(2)18-20-14/h4-5,8-9,16H,6-7H2,1-3H3/t9-/m0/s1. The largest absolute Gasteiger partial charge is 0.497 e. The number of benzene rings is 1. The Labute approximate surface area is 126 Å². The SMILES string of the molecule is COc1ccc([C@H](C)NCCc2nc(C)no2)c(Br)c1. The van der Waals surface area contributed by atoms with Gasteiger partial charge in [0, 0.05) is 23.5 Å². The fourth-order valence-electron chi connectivity index (χ4n) is 1.93. The van der Waals surface area contributed by atoms with Crippen molar-refractivity contribution in [3.05, 3.63) is 40.0 Å². The third-order valence-corrected chi connectivity index (χ3v) is 3.72. The van der Waals surface area contributed by atoms with Crippen LogP contribution < -0.4 is 10.1 Å². The van der Waals surface area contributed by atoms with Crippen molar-refractivity contribution in [2.24, 2.45) is 0 Å². The van der Waals surface area contributed by atoms with Crippen LogP contribution in [0, 0.1) is 6.92 Å². The average Bonchev–Trinajstić information content (AvgIpc) is 2.84. The summed E-state index contributed by atoms with van der Waals surface area (Å²) >= 11 is 3.57. The van der Waals surface area contributed by atoms with Gasteiger partial charge in [0.2, 0.25) is 5.89 Å². The van der Waals surface area contributed by atoms with E-state index in [9.17, 15) is 0 Å². The van der Waals surface area contributed by atoms with Gasteiger partial charge in [-0.1, -0.05) is 27.2 Å². The van der Waals surface area contributed by atoms with Gasteiger partial charge in [-0.3, -0.25) is 0 Å². The zero-order chi connectivity index (χ0) is 14.5. The molecule has 0 saturated carbocycles. The van der Waals surface area contributed by atoms with E-state index in [1.165, 1.54) is 5.56 Å². The highest BCUT2D eigenvalue weighted by molar-refractivity contribution is 9.10. The van der Waals surface area contributed by atoms with Crippen LogP contribution in [0.25, 0.3) is 0 Å². The van der Waals surface area contributed by atoms with E-state index in [4.69, 9.17) is 9.26 Å². The predicted octanol–water partition coefficient (Wildman–Crippen LogP) is 3.04. The number of aryl methyl sites for hydroxylation is 1. The maximum absolute atomic E-state index is 5.19. The van der Waals surface area contributed by atoms with Crippen molar-refractivity contribution in [3.63, 3.8) is 0 Å². The lowest BCUT2D eigenvalue weighted by molar-refractivity contribution is 0.370. The molecule has 1 aromatic carbocycles. The van der Waals surface area contributed by atoms with Crippen molar-refractivity contribution in [1.82, 2.24) is 15.5 Å². The molecule has 1 heterocycles. The van der Waals surface area contributed by atoms with E-state index in [2.05, 4.69) is 44.4 Å². The van der Waals surface area contributed by atoms with Gasteiger partial charge in [-0.15, -0.1) is 0 Å². The Morgan fingerprint density at radius 2 is 2.25 bits per heavy atom. The molecule has 0 aliphatic rings. The molecule has 1 aromatic heterocycles. The van der Waals surface area contributed by atoms with Gasteiger partial charge >= 0.3 is 0 Å². The quantitative estimate of drug-likeness (QED) is 0.876. The first-order valence-corrected chi connectivity index (χ1v) is 7.25. The summed E-state index contributed by atoms with van der Waals surface area (Å²) in [5, 5.41) is 7.21. The van der Waals surface area contributed by atoms with Gasteiger partial charge in [-0.2, -0.15) is 4.98 Å². The van der Waals surface area contributed by atoms with Crippen molar-refractivity contribution in [1.29, 1.82) is 0 Å². The molecule has 6 heteroatoms. The number of hydrogen-bond acceptors (Lipinski definition) is 5. The maximum atomic E-state index is 5.19. The van der Waals surface area contributed by atoms with Crippen molar-refractivity contribution < 1.29 is 9.26 Å². The van der Waals surface area contributed by atoms with Crippen LogP contribution in [0.1, 0.15) is 30.2 Å². The molecule has 5 nitrogen and oxygen atoms in total. The molecule has 0 bridgehead atoms. The molecule has 108 valence electrons. The summed E-state index contributed by atoms with van der Waals surface area (Å²) < 4.78 is 11.3. The maximum Gasteiger partial charge on any atom is 0.227 e. The van der Waals surface area contributed by atoms with Gasteiger partial charge < -0.3 is 14.6 Å². The van der Waals surface area contributed by atoms with Gasteiger partial charge in [-0.05, 0) is 31.5 Å². The van der Waals surface area contributed by atoms with E-state index in [0.717, 1.165) is 23.2 Å². The topological polar surface area (TPSA) is 60.2 Å². The van der Waals surface area contributed by atoms with Gasteiger partial charge in [0.05, 0.1) is 7.11 Å². The molecule has 2 rings (SSSR count). The fraction of sp³-hybridized carbons (Fsp3) is 0.429. The summed E-state index contributed by atoms with van der Waals surface area (Å²) in [4.78, 5) is 4.18. The minimum Gasteiger partial charge on any atom is -0.497 e. The van der Waals surface area contributed by atoms with E-state index in [-0.39, 0.29) is 6.04 Å². The molecule has 20 heavy (non-hydrogen) atoms. The lowest BCUT2D eigenvalue weighted by Crippen LogP contribution is -2.21. The van der Waals surface area contributed by atoms with Crippen molar-refractivity contribution in [2.75, 3.05) is 13.7 Å². The summed E-state index contributed by atoms with van der Waals surface area (Å²) in [5.74, 6) is 2.18. The molecular weight excluding hydrogens is 322 g/mol. The summed E-state index contributed by atoms with van der Waals surface area (Å²) in [6.45, 7) is 4.71. The number of aromatic nitrogens is 2. The average molecular weight is 340 g/mol. The lowest BCUT2D eigenvalue weighted by Gasteiger charge is -2.16. The van der Waals surface area contributed by atoms with Gasteiger partial charge in [0.15, 0.2) is 5.82 Å². The van der Waals surface area contributed by atoms with E-state index >= 15 is 0 Å². The monoisotopic (exact) mass is 339 g/mol. The van der Waals surface area contributed by atoms with Crippen LogP contribution in [-0.4, -0.2) is 23.8 Å². The molecule has 1 atom stereocenters. The Balaban J connectivity index is 1.89. The van der Waals surface area contributed by atoms with Crippen LogP contribution in [0.5, 0.6) is 5.75 Å². The molecular formula is C14H18BrN3O2. The number of nitrogens with zero attached hydrogens (tertiary/aromatic N) is 2. The summed E-state index contributed by atoms with van der Waals surface area (Å²) in [5.41, 5.74) is 1.19. The highest BCUT2D eigenvalue weighted by Crippen LogP contribution is 2.27. The van der Waals surface area contributed by atoms with Crippen molar-refractivity contribution in [2.45, 2.75) is 26.3 Å². The number of rotatable bonds is 6. The fourth-order valence-corrected chi connectivity index (χ4v) is 2.63. The zero-order valence-corrected chi connectivity index (χ0v) is 13.4. The van der Waals surface area contributed by atoms with Crippen molar-refractivity contribution >= 4 is 15.9 Å². The molecule has 0 saturated heterocycles. The number of hydrogen-bond donors (Lipinski definition) is 1. The Kier molecular flexibility index (Phi) is 5.14. The first-order chi connectivity index (χ1) is 9.60. The molecule has 0 aliphatic carbocycles. The molecule has 0 unspecified atom stereocenters. The van der Waals surface area contributed by atoms with Crippen LogP contribution in [-0.2, 0) is 6.42 Å². The van der Waals surface area contributed by atoms with Crippen LogP contribution in [0.15, 0.2) is 27.2 Å². The smallest absolute Gasteiger partial charge is 0.227 e. The van der Waals surface area contributed by atoms with Crippen LogP contribution in [0.3, 0.4) is 0 Å². The van der Waals surface area contributed by atoms with Gasteiger partial charge in [0.25, 0.3) is 0 Å². The summed E-state index contributed by atoms with van der Waals surface area (Å²) in [7, 11) is 1.66. The lowest BCUT2D eigenvalue weighted by atomic mass is 10.1. The molecule has 0 aliphatic heterocycles. The van der Waals surface area contributed by atoms with Gasteiger partial charge in [0.1, 0.15) is 5.75 Å². The Morgan fingerprint density at radius 3 is 2.85 bits per heavy atom. The molecule has 2 aromatic rings. The van der Waals surface area contributed by atoms with Crippen LogP contribution in [0.4, 0.5) is 0 Å². The normalized spacial score (nSPS) is 12.4. The van der Waals surface area contributed by atoms with Gasteiger partial charge in [-0.25, -0.2) is 0 Å². The minimum absolute atomic E-state index is 0.222. The second-order valence-corrected chi connectivity index (χ2v) is 5.40. The molecule has 0 spiro atoms. The number of halogens is 1. The second kappa shape index (κ2) is 6.85. The number of nitrogens with one attached hydrogen (secondary N) is 1. The number of methoxy groups -OCH3 is 1. The zero-order valence-electron chi connectivity index (χ0n) is 11.8. The van der Waals surface area contributed by atoms with E-state index in [1.807, 2.05) is 19.1 Å². The molecule has 0 radical (unpaired) electrons. The Hall–Kier alpha value is -1.40. The Bertz CT molecular complexity index is 571. The minimum atomic E-state index is 0.222. The highest BCUT2D eigenvalue weighted by atomic mass is 79.9. The predicted molar refractivity (Wildman–Crippen MR) is 79.9 cm³/mol. The third kappa shape index (κ3) is 3.80. The molecule has 0 amide bonds. The summed E-state index contributed by atoms with van der Waals surface area (Å²) in [6.07, 6.45) is 0.721. The van der Waals surface area contributed by atoms with E-state index in [0.29, 0.717) is 11.7 Å². The first-order valence-electron chi connectivity index (χ1n) is 6.46. The highest BCUT2D eigenvalue weighted by Gasteiger charge is 2.10. The third-order valence-electron chi connectivity index (χ3n) is 3.03. The number of ether oxygens (including phenoxy) is 1. The van der Waals surface area contributed by atoms with Crippen LogP contribution in [0.2, 0.25) is 0 Å². The first kappa shape index (κ1) is 15.0. The van der Waals surface area contributed by atoms with E-state index in [1.54, 1.807) is 7.11 Å². The summed E-state index contributed by atoms with van der Waals surface area (Å²) in [6, 6.07) is 6.20. The Morgan fingerprint density at radius 1 is 1.45 bits per heavy atom. The molecule has 0 fully saturated rings. The second-order valence-electron chi connectivity index (χ2n) is 4.55. The van der Waals surface area contributed by atoms with E-state index < -0.39 is 0 Å². The van der Waals surface area contributed by atoms with Crippen molar-refractivity contribution in [3.8, 4) is 5.75 Å². The van der Waals surface area contributed by atoms with Crippen LogP contribution >= 0.6 is 15.9 Å².